The molecule has 1 atom stereocenters. The zero-order valence-electron chi connectivity index (χ0n) is 17.1. The van der Waals surface area contributed by atoms with Gasteiger partial charge in [-0.2, -0.15) is 0 Å². The lowest BCUT2D eigenvalue weighted by atomic mass is 10.1. The van der Waals surface area contributed by atoms with Crippen molar-refractivity contribution in [1.82, 2.24) is 14.7 Å². The second-order valence-electron chi connectivity index (χ2n) is 8.10. The number of benzene rings is 2. The molecule has 0 saturated carbocycles. The van der Waals surface area contributed by atoms with Crippen molar-refractivity contribution in [2.45, 2.75) is 32.0 Å². The van der Waals surface area contributed by atoms with Crippen LogP contribution >= 0.6 is 0 Å². The Balaban J connectivity index is 1.39. The molecule has 5 heteroatoms. The molecule has 2 aliphatic rings. The summed E-state index contributed by atoms with van der Waals surface area (Å²) in [5.74, 6) is 0. The number of likely N-dealkylation sites (tertiary alicyclic amines) is 1. The van der Waals surface area contributed by atoms with Crippen LogP contribution in [-0.2, 0) is 17.8 Å². The molecule has 0 N–H and O–H groups in total. The largest absolute Gasteiger partial charge is 0.448 e. The summed E-state index contributed by atoms with van der Waals surface area (Å²) in [4.78, 5) is 19.2. The van der Waals surface area contributed by atoms with Gasteiger partial charge in [0.2, 0.25) is 0 Å². The first-order valence-corrected chi connectivity index (χ1v) is 10.7. The average Bonchev–Trinajstić information content (AvgIpc) is 3.30. The molecule has 4 rings (SSSR count). The predicted molar refractivity (Wildman–Crippen MR) is 115 cm³/mol. The molecule has 0 unspecified atom stereocenters. The van der Waals surface area contributed by atoms with Gasteiger partial charge in [0.05, 0.1) is 6.04 Å². The van der Waals surface area contributed by atoms with Crippen molar-refractivity contribution in [1.29, 1.82) is 0 Å². The third-order valence-corrected chi connectivity index (χ3v) is 5.93. The molecule has 0 radical (unpaired) electrons. The van der Waals surface area contributed by atoms with Crippen molar-refractivity contribution >= 4 is 6.09 Å². The molecule has 1 amide bonds. The molecule has 5 nitrogen and oxygen atoms in total. The topological polar surface area (TPSA) is 36.0 Å². The summed E-state index contributed by atoms with van der Waals surface area (Å²) >= 11 is 0. The smallest absolute Gasteiger partial charge is 0.409 e. The third-order valence-electron chi connectivity index (χ3n) is 5.93. The molecule has 0 bridgehead atoms. The number of carbonyl (C=O) groups is 1. The lowest BCUT2D eigenvalue weighted by Crippen LogP contribution is -2.54. The fourth-order valence-corrected chi connectivity index (χ4v) is 4.29. The molecule has 2 aromatic rings. The molecule has 154 valence electrons. The van der Waals surface area contributed by atoms with E-state index in [2.05, 4.69) is 70.5 Å². The Morgan fingerprint density at radius 3 is 2.10 bits per heavy atom. The first-order chi connectivity index (χ1) is 14.3. The third kappa shape index (κ3) is 5.58. The molecule has 0 aliphatic carbocycles. The predicted octanol–water partition coefficient (Wildman–Crippen LogP) is 3.61. The van der Waals surface area contributed by atoms with Crippen LogP contribution in [0.5, 0.6) is 0 Å². The van der Waals surface area contributed by atoms with Crippen LogP contribution < -0.4 is 0 Å². The van der Waals surface area contributed by atoms with Gasteiger partial charge in [-0.15, -0.1) is 0 Å². The number of rotatable bonds is 6. The van der Waals surface area contributed by atoms with Crippen LogP contribution in [0, 0.1) is 0 Å². The van der Waals surface area contributed by atoms with E-state index in [1.54, 1.807) is 0 Å². The van der Waals surface area contributed by atoms with E-state index in [1.807, 2.05) is 4.90 Å². The van der Waals surface area contributed by atoms with Crippen molar-refractivity contribution in [2.24, 2.45) is 0 Å². The SMILES string of the molecule is O=C(OC[C@H]1CN(Cc2ccccc2)CCN1Cc1ccccc1)N1CCCC1. The van der Waals surface area contributed by atoms with Gasteiger partial charge in [-0.25, -0.2) is 4.79 Å². The van der Waals surface area contributed by atoms with Crippen LogP contribution in [-0.4, -0.2) is 66.2 Å². The van der Waals surface area contributed by atoms with Gasteiger partial charge in [-0.05, 0) is 24.0 Å². The van der Waals surface area contributed by atoms with Gasteiger partial charge in [-0.3, -0.25) is 9.80 Å². The number of hydrogen-bond donors (Lipinski definition) is 0. The van der Waals surface area contributed by atoms with E-state index in [0.29, 0.717) is 6.61 Å². The molecule has 2 aliphatic heterocycles. The molecule has 0 aromatic heterocycles. The molecule has 2 heterocycles. The summed E-state index contributed by atoms with van der Waals surface area (Å²) in [6.07, 6.45) is 2.02. The Morgan fingerprint density at radius 2 is 1.45 bits per heavy atom. The fraction of sp³-hybridized carbons (Fsp3) is 0.458. The Labute approximate surface area is 173 Å². The summed E-state index contributed by atoms with van der Waals surface area (Å²) in [5, 5.41) is 0. The maximum atomic E-state index is 12.4. The van der Waals surface area contributed by atoms with Crippen molar-refractivity contribution in [2.75, 3.05) is 39.3 Å². The average molecular weight is 394 g/mol. The standard InChI is InChI=1S/C24H31N3O2/c28-24(26-13-7-8-14-26)29-20-23-19-25(17-21-9-3-1-4-10-21)15-16-27(23)18-22-11-5-2-6-12-22/h1-6,9-12,23H,7-8,13-20H2/t23-/m1/s1. The van der Waals surface area contributed by atoms with Crippen LogP contribution in [0.2, 0.25) is 0 Å². The highest BCUT2D eigenvalue weighted by molar-refractivity contribution is 5.67. The molecule has 2 saturated heterocycles. The van der Waals surface area contributed by atoms with E-state index in [1.165, 1.54) is 11.1 Å². The van der Waals surface area contributed by atoms with Gasteiger partial charge in [-0.1, -0.05) is 60.7 Å². The Hall–Kier alpha value is -2.37. The van der Waals surface area contributed by atoms with Gasteiger partial charge >= 0.3 is 6.09 Å². The second-order valence-corrected chi connectivity index (χ2v) is 8.10. The fourth-order valence-electron chi connectivity index (χ4n) is 4.29. The Kier molecular flexibility index (Phi) is 6.80. The molecule has 2 aromatic carbocycles. The van der Waals surface area contributed by atoms with E-state index in [4.69, 9.17) is 4.74 Å². The minimum absolute atomic E-state index is 0.151. The van der Waals surface area contributed by atoms with Crippen LogP contribution in [0.15, 0.2) is 60.7 Å². The van der Waals surface area contributed by atoms with Crippen LogP contribution in [0.4, 0.5) is 4.79 Å². The number of carbonyl (C=O) groups excluding carboxylic acids is 1. The van der Waals surface area contributed by atoms with Crippen molar-refractivity contribution in [3.05, 3.63) is 71.8 Å². The van der Waals surface area contributed by atoms with E-state index in [-0.39, 0.29) is 12.1 Å². The number of ether oxygens (including phenoxy) is 1. The Bertz CT molecular complexity index is 762. The van der Waals surface area contributed by atoms with E-state index in [9.17, 15) is 4.79 Å². The molecule has 2 fully saturated rings. The van der Waals surface area contributed by atoms with Gasteiger partial charge in [0.25, 0.3) is 0 Å². The maximum absolute atomic E-state index is 12.4. The summed E-state index contributed by atoms with van der Waals surface area (Å²) in [5.41, 5.74) is 2.64. The highest BCUT2D eigenvalue weighted by Crippen LogP contribution is 2.18. The quantitative estimate of drug-likeness (QED) is 0.751. The van der Waals surface area contributed by atoms with Gasteiger partial charge < -0.3 is 9.64 Å². The summed E-state index contributed by atoms with van der Waals surface area (Å²) in [7, 11) is 0. The normalized spacial score (nSPS) is 20.7. The van der Waals surface area contributed by atoms with Crippen LogP contribution in [0.25, 0.3) is 0 Å². The van der Waals surface area contributed by atoms with Crippen molar-refractivity contribution in [3.63, 3.8) is 0 Å². The summed E-state index contributed by atoms with van der Waals surface area (Å²) in [6.45, 7) is 6.87. The van der Waals surface area contributed by atoms with Gasteiger partial charge in [0.1, 0.15) is 6.61 Å². The minimum Gasteiger partial charge on any atom is -0.448 e. The van der Waals surface area contributed by atoms with Crippen LogP contribution in [0.3, 0.4) is 0 Å². The van der Waals surface area contributed by atoms with E-state index >= 15 is 0 Å². The Morgan fingerprint density at radius 1 is 0.828 bits per heavy atom. The first-order valence-electron chi connectivity index (χ1n) is 10.7. The number of piperazine rings is 1. The van der Waals surface area contributed by atoms with Gasteiger partial charge in [0, 0.05) is 45.8 Å². The highest BCUT2D eigenvalue weighted by Gasteiger charge is 2.29. The monoisotopic (exact) mass is 393 g/mol. The lowest BCUT2D eigenvalue weighted by Gasteiger charge is -2.41. The lowest BCUT2D eigenvalue weighted by molar-refractivity contribution is 0.0162. The van der Waals surface area contributed by atoms with E-state index in [0.717, 1.165) is 58.7 Å². The minimum atomic E-state index is -0.151. The summed E-state index contributed by atoms with van der Waals surface area (Å²) in [6, 6.07) is 21.4. The molecule has 0 spiro atoms. The maximum Gasteiger partial charge on any atom is 0.409 e. The zero-order valence-corrected chi connectivity index (χ0v) is 17.1. The zero-order chi connectivity index (χ0) is 19.9. The highest BCUT2D eigenvalue weighted by atomic mass is 16.6. The van der Waals surface area contributed by atoms with Gasteiger partial charge in [0.15, 0.2) is 0 Å². The number of nitrogens with zero attached hydrogens (tertiary/aromatic N) is 3. The molecular formula is C24H31N3O2. The number of hydrogen-bond acceptors (Lipinski definition) is 4. The summed E-state index contributed by atoms with van der Waals surface area (Å²) < 4.78 is 5.75. The van der Waals surface area contributed by atoms with Crippen molar-refractivity contribution < 1.29 is 9.53 Å². The number of amides is 1. The molecular weight excluding hydrogens is 362 g/mol. The van der Waals surface area contributed by atoms with Crippen LogP contribution in [0.1, 0.15) is 24.0 Å². The van der Waals surface area contributed by atoms with Crippen molar-refractivity contribution in [3.8, 4) is 0 Å². The van der Waals surface area contributed by atoms with E-state index < -0.39 is 0 Å². The second kappa shape index (κ2) is 9.90. The molecule has 29 heavy (non-hydrogen) atoms. The first kappa shape index (κ1) is 19.9.